The van der Waals surface area contributed by atoms with Crippen molar-refractivity contribution >= 4 is 11.0 Å². The van der Waals surface area contributed by atoms with Crippen molar-refractivity contribution in [2.45, 2.75) is 65.3 Å². The van der Waals surface area contributed by atoms with Crippen molar-refractivity contribution in [3.63, 3.8) is 0 Å². The van der Waals surface area contributed by atoms with Crippen molar-refractivity contribution < 1.29 is 0 Å². The Hall–Kier alpha value is -4.59. The zero-order valence-electron chi connectivity index (χ0n) is 25.5. The Balaban J connectivity index is 1.05. The summed E-state index contributed by atoms with van der Waals surface area (Å²) in [5.41, 5.74) is 11.9. The molecule has 44 heavy (non-hydrogen) atoms. The third kappa shape index (κ3) is 5.94. The molecule has 0 bridgehead atoms. The molecule has 6 aromatic rings. The van der Waals surface area contributed by atoms with Crippen LogP contribution in [0.5, 0.6) is 0 Å². The maximum absolute atomic E-state index is 4.92. The van der Waals surface area contributed by atoms with E-state index in [0.29, 0.717) is 0 Å². The molecule has 7 heteroatoms. The van der Waals surface area contributed by atoms with Crippen molar-refractivity contribution in [2.24, 2.45) is 0 Å². The summed E-state index contributed by atoms with van der Waals surface area (Å²) in [4.78, 5) is 15.9. The molecule has 1 unspecified atom stereocenters. The maximum atomic E-state index is 4.92. The largest absolute Gasteiger partial charge is 0.341 e. The molecule has 0 fully saturated rings. The first-order valence-corrected chi connectivity index (χ1v) is 15.6. The first-order valence-electron chi connectivity index (χ1n) is 15.6. The predicted octanol–water partition coefficient (Wildman–Crippen LogP) is 7.13. The molecule has 3 heterocycles. The van der Waals surface area contributed by atoms with Crippen LogP contribution >= 0.6 is 0 Å². The Kier molecular flexibility index (Phi) is 8.05. The number of H-pyrrole nitrogens is 1. The number of para-hydroxylation sites is 3. The van der Waals surface area contributed by atoms with Crippen LogP contribution in [0.2, 0.25) is 0 Å². The monoisotopic (exact) mass is 581 g/mol. The van der Waals surface area contributed by atoms with Gasteiger partial charge in [0.15, 0.2) is 0 Å². The van der Waals surface area contributed by atoms with Gasteiger partial charge in [-0.2, -0.15) is 5.10 Å². The number of aromatic amines is 1. The smallest absolute Gasteiger partial charge is 0.121 e. The molecule has 222 valence electrons. The lowest BCUT2D eigenvalue weighted by atomic mass is 9.90. The van der Waals surface area contributed by atoms with Gasteiger partial charge in [-0.15, -0.1) is 0 Å². The van der Waals surface area contributed by atoms with Crippen LogP contribution in [-0.4, -0.2) is 29.6 Å². The molecule has 0 radical (unpaired) electrons. The number of rotatable bonds is 10. The van der Waals surface area contributed by atoms with Crippen molar-refractivity contribution in [3.8, 4) is 5.69 Å². The summed E-state index contributed by atoms with van der Waals surface area (Å²) in [6.45, 7) is 7.41. The number of benzene rings is 3. The van der Waals surface area contributed by atoms with Crippen LogP contribution in [0.4, 0.5) is 0 Å². The molecular formula is C37H39N7. The van der Waals surface area contributed by atoms with Gasteiger partial charge in [-0.1, -0.05) is 60.7 Å². The average Bonchev–Trinajstić information content (AvgIpc) is 3.60. The fourth-order valence-corrected chi connectivity index (χ4v) is 6.57. The van der Waals surface area contributed by atoms with Crippen LogP contribution in [-0.2, 0) is 32.6 Å². The molecule has 1 aliphatic rings. The average molecular weight is 582 g/mol. The third-order valence-corrected chi connectivity index (χ3v) is 8.88. The minimum atomic E-state index is 0.262. The summed E-state index contributed by atoms with van der Waals surface area (Å²) in [7, 11) is 0. The van der Waals surface area contributed by atoms with Gasteiger partial charge in [0.05, 0.1) is 40.7 Å². The van der Waals surface area contributed by atoms with Crippen LogP contribution in [0.1, 0.15) is 64.0 Å². The van der Waals surface area contributed by atoms with Crippen molar-refractivity contribution in [1.82, 2.24) is 34.9 Å². The van der Waals surface area contributed by atoms with Crippen LogP contribution in [0, 0.1) is 13.8 Å². The topological polar surface area (TPSA) is 74.7 Å². The van der Waals surface area contributed by atoms with Crippen LogP contribution in [0.3, 0.4) is 0 Å². The molecule has 1 atom stereocenters. The molecule has 0 saturated carbocycles. The van der Waals surface area contributed by atoms with E-state index in [0.717, 1.165) is 67.3 Å². The SMILES string of the molecule is Cc1nn(-c2ccccc2)c(C)c1CNCc1ccc(CN(Cc2nc3ccccc3[nH]2)C2CCCc3cccnc32)cc1. The van der Waals surface area contributed by atoms with E-state index in [2.05, 4.69) is 108 Å². The van der Waals surface area contributed by atoms with E-state index in [-0.39, 0.29) is 6.04 Å². The fraction of sp³-hybridized carbons (Fsp3) is 0.270. The van der Waals surface area contributed by atoms with Crippen LogP contribution in [0.25, 0.3) is 16.7 Å². The molecule has 0 spiro atoms. The Morgan fingerprint density at radius 3 is 2.50 bits per heavy atom. The van der Waals surface area contributed by atoms with Gasteiger partial charge in [-0.05, 0) is 80.1 Å². The van der Waals surface area contributed by atoms with E-state index >= 15 is 0 Å². The minimum absolute atomic E-state index is 0.262. The van der Waals surface area contributed by atoms with Gasteiger partial charge in [0.2, 0.25) is 0 Å². The van der Waals surface area contributed by atoms with Crippen molar-refractivity contribution in [1.29, 1.82) is 0 Å². The molecule has 7 rings (SSSR count). The van der Waals surface area contributed by atoms with E-state index in [9.17, 15) is 0 Å². The van der Waals surface area contributed by atoms with Gasteiger partial charge in [-0.3, -0.25) is 9.88 Å². The summed E-state index contributed by atoms with van der Waals surface area (Å²) in [5.74, 6) is 0.997. The molecule has 7 nitrogen and oxygen atoms in total. The number of nitrogens with zero attached hydrogens (tertiary/aromatic N) is 5. The van der Waals surface area contributed by atoms with E-state index in [1.807, 2.05) is 23.0 Å². The van der Waals surface area contributed by atoms with Gasteiger partial charge in [0, 0.05) is 37.1 Å². The lowest BCUT2D eigenvalue weighted by Crippen LogP contribution is -2.31. The standard InChI is InChI=1S/C37H39N7/c1-26-32(27(2)44(42-26)31-12-4-3-5-13-31)23-38-22-28-17-19-29(20-18-28)24-43(25-36-40-33-14-6-7-15-34(33)41-36)35-16-8-10-30-11-9-21-39-37(30)35/h3-7,9,11-15,17-21,35,38H,8,10,16,22-25H2,1-2H3,(H,40,41). The number of hydrogen-bond donors (Lipinski definition) is 2. The molecular weight excluding hydrogens is 542 g/mol. The Bertz CT molecular complexity index is 1820. The van der Waals surface area contributed by atoms with Crippen molar-refractivity contribution in [3.05, 3.63) is 142 Å². The van der Waals surface area contributed by atoms with Crippen LogP contribution in [0.15, 0.2) is 97.2 Å². The number of pyridine rings is 1. The summed E-state index contributed by atoms with van der Waals surface area (Å²) < 4.78 is 2.04. The normalized spacial score (nSPS) is 14.8. The van der Waals surface area contributed by atoms with E-state index in [4.69, 9.17) is 15.1 Å². The molecule has 3 aromatic heterocycles. The number of aryl methyl sites for hydroxylation is 2. The summed E-state index contributed by atoms with van der Waals surface area (Å²) in [5, 5.41) is 8.45. The summed E-state index contributed by atoms with van der Waals surface area (Å²) in [6.07, 6.45) is 5.32. The number of nitrogens with one attached hydrogen (secondary N) is 2. The maximum Gasteiger partial charge on any atom is 0.121 e. The third-order valence-electron chi connectivity index (χ3n) is 8.88. The lowest BCUT2D eigenvalue weighted by molar-refractivity contribution is 0.153. The second-order valence-electron chi connectivity index (χ2n) is 11.9. The van der Waals surface area contributed by atoms with E-state index in [1.165, 1.54) is 40.1 Å². The summed E-state index contributed by atoms with van der Waals surface area (Å²) in [6, 6.07) is 32.2. The van der Waals surface area contributed by atoms with Gasteiger partial charge in [-0.25, -0.2) is 9.67 Å². The lowest BCUT2D eigenvalue weighted by Gasteiger charge is -2.34. The first kappa shape index (κ1) is 28.2. The molecule has 2 N–H and O–H groups in total. The van der Waals surface area contributed by atoms with Gasteiger partial charge in [0.25, 0.3) is 0 Å². The van der Waals surface area contributed by atoms with E-state index in [1.54, 1.807) is 0 Å². The van der Waals surface area contributed by atoms with Crippen molar-refractivity contribution in [2.75, 3.05) is 0 Å². The predicted molar refractivity (Wildman–Crippen MR) is 175 cm³/mol. The number of hydrogen-bond acceptors (Lipinski definition) is 5. The zero-order chi connectivity index (χ0) is 29.9. The first-order chi connectivity index (χ1) is 21.6. The number of imidazole rings is 1. The highest BCUT2D eigenvalue weighted by Crippen LogP contribution is 2.34. The van der Waals surface area contributed by atoms with Gasteiger partial charge >= 0.3 is 0 Å². The highest BCUT2D eigenvalue weighted by atomic mass is 15.3. The Morgan fingerprint density at radius 1 is 0.864 bits per heavy atom. The molecule has 0 aliphatic heterocycles. The number of fused-ring (bicyclic) bond motifs is 2. The fourth-order valence-electron chi connectivity index (χ4n) is 6.57. The van der Waals surface area contributed by atoms with Gasteiger partial charge < -0.3 is 10.3 Å². The molecule has 1 aliphatic carbocycles. The van der Waals surface area contributed by atoms with Gasteiger partial charge in [0.1, 0.15) is 5.82 Å². The Labute approximate surface area is 259 Å². The minimum Gasteiger partial charge on any atom is -0.341 e. The Morgan fingerprint density at radius 2 is 1.66 bits per heavy atom. The highest BCUT2D eigenvalue weighted by Gasteiger charge is 2.28. The zero-order valence-corrected chi connectivity index (χ0v) is 25.5. The number of aromatic nitrogens is 5. The second-order valence-corrected chi connectivity index (χ2v) is 11.9. The molecule has 0 saturated heterocycles. The molecule has 3 aromatic carbocycles. The highest BCUT2D eigenvalue weighted by molar-refractivity contribution is 5.74. The molecule has 0 amide bonds. The quantitative estimate of drug-likeness (QED) is 0.180. The van der Waals surface area contributed by atoms with E-state index < -0.39 is 0 Å². The summed E-state index contributed by atoms with van der Waals surface area (Å²) >= 11 is 0. The second kappa shape index (κ2) is 12.6. The van der Waals surface area contributed by atoms with Crippen LogP contribution < -0.4 is 5.32 Å².